The molecule has 1 N–H and O–H groups in total. The number of methoxy groups -OCH3 is 1. The molecular weight excluding hydrogens is 364 g/mol. The fraction of sp³-hybridized carbons (Fsp3) is 0.350. The molecule has 7 heteroatoms. The molecule has 0 spiro atoms. The van der Waals surface area contributed by atoms with Crippen LogP contribution in [0.3, 0.4) is 0 Å². The molecule has 27 heavy (non-hydrogen) atoms. The molecule has 0 saturated heterocycles. The van der Waals surface area contributed by atoms with E-state index in [9.17, 15) is 13.2 Å². The lowest BCUT2D eigenvalue weighted by atomic mass is 9.95. The van der Waals surface area contributed by atoms with Crippen molar-refractivity contribution < 1.29 is 17.9 Å². The fourth-order valence-electron chi connectivity index (χ4n) is 2.66. The summed E-state index contributed by atoms with van der Waals surface area (Å²) in [5.74, 6) is 0.680. The van der Waals surface area contributed by atoms with Gasteiger partial charge in [-0.05, 0) is 47.9 Å². The molecule has 2 aromatic rings. The van der Waals surface area contributed by atoms with E-state index < -0.39 is 10.0 Å². The number of benzene rings is 2. The molecule has 0 fully saturated rings. The van der Waals surface area contributed by atoms with Gasteiger partial charge in [0.1, 0.15) is 5.75 Å². The molecule has 146 valence electrons. The summed E-state index contributed by atoms with van der Waals surface area (Å²) in [5, 5.41) is 3.03. The Hall–Kier alpha value is -2.38. The number of carbonyl (C=O) groups is 1. The van der Waals surface area contributed by atoms with Crippen molar-refractivity contribution in [3.05, 3.63) is 59.7 Å². The number of nitrogens with zero attached hydrogens (tertiary/aromatic N) is 1. The quantitative estimate of drug-likeness (QED) is 0.788. The summed E-state index contributed by atoms with van der Waals surface area (Å²) in [6.45, 7) is 4.06. The maximum Gasteiger partial charge on any atom is 0.251 e. The Morgan fingerprint density at radius 3 is 2.00 bits per heavy atom. The van der Waals surface area contributed by atoms with Crippen molar-refractivity contribution in [2.45, 2.75) is 24.8 Å². The highest BCUT2D eigenvalue weighted by Crippen LogP contribution is 2.24. The Balaban J connectivity index is 2.20. The summed E-state index contributed by atoms with van der Waals surface area (Å²) in [6.07, 6.45) is 0. The van der Waals surface area contributed by atoms with Crippen molar-refractivity contribution >= 4 is 15.9 Å². The van der Waals surface area contributed by atoms with Gasteiger partial charge in [0, 0.05) is 19.7 Å². The predicted octanol–water partition coefficient (Wildman–Crippen LogP) is 3.07. The fourth-order valence-corrected chi connectivity index (χ4v) is 3.56. The van der Waals surface area contributed by atoms with Gasteiger partial charge in [-0.15, -0.1) is 0 Å². The highest BCUT2D eigenvalue weighted by Gasteiger charge is 2.21. The van der Waals surface area contributed by atoms with Crippen molar-refractivity contribution in [1.29, 1.82) is 0 Å². The van der Waals surface area contributed by atoms with Crippen LogP contribution in [0.2, 0.25) is 0 Å². The van der Waals surface area contributed by atoms with Crippen molar-refractivity contribution in [3.8, 4) is 5.75 Å². The van der Waals surface area contributed by atoms with Gasteiger partial charge in [-0.25, -0.2) is 12.7 Å². The number of nitrogens with one attached hydrogen (secondary N) is 1. The second-order valence-corrected chi connectivity index (χ2v) is 8.93. The van der Waals surface area contributed by atoms with E-state index in [1.165, 1.54) is 38.4 Å². The maximum atomic E-state index is 12.7. The lowest BCUT2D eigenvalue weighted by Crippen LogP contribution is -2.31. The zero-order valence-electron chi connectivity index (χ0n) is 16.3. The van der Waals surface area contributed by atoms with Gasteiger partial charge < -0.3 is 10.1 Å². The van der Waals surface area contributed by atoms with Gasteiger partial charge in [-0.2, -0.15) is 0 Å². The first-order valence-electron chi connectivity index (χ1n) is 8.64. The number of rotatable bonds is 7. The first kappa shape index (κ1) is 20.9. The van der Waals surface area contributed by atoms with Gasteiger partial charge in [0.2, 0.25) is 10.0 Å². The summed E-state index contributed by atoms with van der Waals surface area (Å²) >= 11 is 0. The summed E-state index contributed by atoms with van der Waals surface area (Å²) in [7, 11) is 1.03. The highest BCUT2D eigenvalue weighted by molar-refractivity contribution is 7.89. The molecule has 0 radical (unpaired) electrons. The van der Waals surface area contributed by atoms with Gasteiger partial charge >= 0.3 is 0 Å². The third-order valence-electron chi connectivity index (χ3n) is 4.32. The second-order valence-electron chi connectivity index (χ2n) is 6.78. The van der Waals surface area contributed by atoms with Crippen molar-refractivity contribution in [2.24, 2.45) is 5.92 Å². The van der Waals surface area contributed by atoms with Gasteiger partial charge in [0.25, 0.3) is 5.91 Å². The van der Waals surface area contributed by atoms with Crippen LogP contribution in [0.15, 0.2) is 53.4 Å². The van der Waals surface area contributed by atoms with E-state index in [0.29, 0.717) is 5.56 Å². The van der Waals surface area contributed by atoms with E-state index in [2.05, 4.69) is 5.32 Å². The Labute approximate surface area is 161 Å². The second kappa shape index (κ2) is 8.54. The molecule has 1 atom stereocenters. The average Bonchev–Trinajstić information content (AvgIpc) is 2.65. The summed E-state index contributed by atoms with van der Waals surface area (Å²) < 4.78 is 30.6. The van der Waals surface area contributed by atoms with E-state index in [4.69, 9.17) is 4.74 Å². The van der Waals surface area contributed by atoms with Crippen LogP contribution < -0.4 is 10.1 Å². The highest BCUT2D eigenvalue weighted by atomic mass is 32.2. The van der Waals surface area contributed by atoms with E-state index in [1.807, 2.05) is 38.1 Å². The van der Waals surface area contributed by atoms with E-state index in [-0.39, 0.29) is 22.8 Å². The number of carbonyl (C=O) groups excluding carboxylic acids is 1. The molecule has 0 aliphatic carbocycles. The molecule has 0 unspecified atom stereocenters. The van der Waals surface area contributed by atoms with Crippen molar-refractivity contribution in [2.75, 3.05) is 21.2 Å². The van der Waals surface area contributed by atoms with Crippen LogP contribution in [0.5, 0.6) is 5.75 Å². The van der Waals surface area contributed by atoms with Crippen LogP contribution in [0.4, 0.5) is 0 Å². The SMILES string of the molecule is COc1ccc([C@H](NC(=O)c2ccc(S(=O)(=O)N(C)C)cc2)C(C)C)cc1. The third-order valence-corrected chi connectivity index (χ3v) is 6.15. The van der Waals surface area contributed by atoms with Crippen LogP contribution in [-0.4, -0.2) is 39.8 Å². The van der Waals surface area contributed by atoms with Crippen LogP contribution >= 0.6 is 0 Å². The Morgan fingerprint density at radius 2 is 1.56 bits per heavy atom. The van der Waals surface area contributed by atoms with Crippen molar-refractivity contribution in [3.63, 3.8) is 0 Å². The zero-order chi connectivity index (χ0) is 20.2. The van der Waals surface area contributed by atoms with Gasteiger partial charge in [-0.3, -0.25) is 4.79 Å². The molecule has 1 amide bonds. The summed E-state index contributed by atoms with van der Waals surface area (Å²) in [6, 6.07) is 13.3. The summed E-state index contributed by atoms with van der Waals surface area (Å²) in [4.78, 5) is 12.8. The molecular formula is C20H26N2O4S. The lowest BCUT2D eigenvalue weighted by molar-refractivity contribution is 0.0925. The lowest BCUT2D eigenvalue weighted by Gasteiger charge is -2.23. The molecule has 2 aromatic carbocycles. The standard InChI is InChI=1S/C20H26N2O4S/c1-14(2)19(15-6-10-17(26-5)11-7-15)21-20(23)16-8-12-18(13-9-16)27(24,25)22(3)4/h6-14,19H,1-5H3,(H,21,23)/t19-/m1/s1. The smallest absolute Gasteiger partial charge is 0.251 e. The van der Waals surface area contributed by atoms with Crippen LogP contribution in [0, 0.1) is 5.92 Å². The summed E-state index contributed by atoms with van der Waals surface area (Å²) in [5.41, 5.74) is 1.39. The number of hydrogen-bond donors (Lipinski definition) is 1. The molecule has 0 aromatic heterocycles. The minimum Gasteiger partial charge on any atom is -0.497 e. The first-order chi connectivity index (χ1) is 12.7. The minimum absolute atomic E-state index is 0.152. The Bertz CT molecular complexity index is 873. The topological polar surface area (TPSA) is 75.7 Å². The van der Waals surface area contributed by atoms with Crippen LogP contribution in [-0.2, 0) is 10.0 Å². The number of sulfonamides is 1. The molecule has 0 saturated carbocycles. The molecule has 0 aliphatic heterocycles. The zero-order valence-corrected chi connectivity index (χ0v) is 17.1. The number of ether oxygens (including phenoxy) is 1. The predicted molar refractivity (Wildman–Crippen MR) is 105 cm³/mol. The first-order valence-corrected chi connectivity index (χ1v) is 10.1. The molecule has 0 aliphatic rings. The maximum absolute atomic E-state index is 12.7. The van der Waals surface area contributed by atoms with Gasteiger partial charge in [0.05, 0.1) is 18.0 Å². The Morgan fingerprint density at radius 1 is 1.00 bits per heavy atom. The van der Waals surface area contributed by atoms with Crippen LogP contribution in [0.25, 0.3) is 0 Å². The molecule has 0 bridgehead atoms. The number of amides is 1. The normalized spacial score (nSPS) is 12.9. The van der Waals surface area contributed by atoms with E-state index in [1.54, 1.807) is 7.11 Å². The average molecular weight is 391 g/mol. The minimum atomic E-state index is -3.52. The molecule has 0 heterocycles. The van der Waals surface area contributed by atoms with E-state index in [0.717, 1.165) is 15.6 Å². The monoisotopic (exact) mass is 390 g/mol. The molecule has 6 nitrogen and oxygen atoms in total. The van der Waals surface area contributed by atoms with E-state index >= 15 is 0 Å². The largest absolute Gasteiger partial charge is 0.497 e. The third kappa shape index (κ3) is 4.87. The van der Waals surface area contributed by atoms with Crippen LogP contribution in [0.1, 0.15) is 35.8 Å². The van der Waals surface area contributed by atoms with Gasteiger partial charge in [-0.1, -0.05) is 26.0 Å². The Kier molecular flexibility index (Phi) is 6.62. The number of hydrogen-bond acceptors (Lipinski definition) is 4. The van der Waals surface area contributed by atoms with Crippen molar-refractivity contribution in [1.82, 2.24) is 9.62 Å². The van der Waals surface area contributed by atoms with Gasteiger partial charge in [0.15, 0.2) is 0 Å². The molecule has 2 rings (SSSR count).